The maximum absolute atomic E-state index is 2.38. The Morgan fingerprint density at radius 2 is 1.30 bits per heavy atom. The van der Waals surface area contributed by atoms with Crippen LogP contribution in [0.4, 0.5) is 0 Å². The molecule has 23 heavy (non-hydrogen) atoms. The molecule has 0 fully saturated rings. The molecular weight excluding hydrogens is 276 g/mol. The predicted molar refractivity (Wildman–Crippen MR) is 99.6 cm³/mol. The van der Waals surface area contributed by atoms with Crippen molar-refractivity contribution in [3.63, 3.8) is 0 Å². The number of aryl methyl sites for hydroxylation is 1. The van der Waals surface area contributed by atoms with E-state index in [1.807, 2.05) is 0 Å². The fraction of sp³-hybridized carbons (Fsp3) is 0.130. The van der Waals surface area contributed by atoms with Gasteiger partial charge in [0.2, 0.25) is 0 Å². The fourth-order valence-corrected chi connectivity index (χ4v) is 3.01. The Balaban J connectivity index is 2.08. The number of hydrogen-bond acceptors (Lipinski definition) is 0. The van der Waals surface area contributed by atoms with Crippen LogP contribution in [-0.4, -0.2) is 0 Å². The van der Waals surface area contributed by atoms with Gasteiger partial charge in [-0.25, -0.2) is 0 Å². The summed E-state index contributed by atoms with van der Waals surface area (Å²) in [4.78, 5) is 0. The van der Waals surface area contributed by atoms with E-state index in [0.29, 0.717) is 0 Å². The van der Waals surface area contributed by atoms with E-state index in [4.69, 9.17) is 0 Å². The second-order valence-electron chi connectivity index (χ2n) is 5.96. The molecule has 0 spiro atoms. The summed E-state index contributed by atoms with van der Waals surface area (Å²) < 4.78 is 0. The summed E-state index contributed by atoms with van der Waals surface area (Å²) in [5, 5.41) is 0. The van der Waals surface area contributed by atoms with Crippen molar-refractivity contribution in [3.8, 4) is 0 Å². The van der Waals surface area contributed by atoms with E-state index in [-0.39, 0.29) is 5.92 Å². The summed E-state index contributed by atoms with van der Waals surface area (Å²) in [6, 6.07) is 30.0. The zero-order valence-corrected chi connectivity index (χ0v) is 13.7. The molecule has 0 aliphatic rings. The minimum atomic E-state index is 0.276. The van der Waals surface area contributed by atoms with Crippen LogP contribution in [0.25, 0.3) is 5.57 Å². The van der Waals surface area contributed by atoms with Gasteiger partial charge in [-0.3, -0.25) is 0 Å². The van der Waals surface area contributed by atoms with Gasteiger partial charge < -0.3 is 0 Å². The van der Waals surface area contributed by atoms with Crippen LogP contribution in [0.2, 0.25) is 0 Å². The van der Waals surface area contributed by atoms with Gasteiger partial charge in [0, 0.05) is 5.92 Å². The maximum atomic E-state index is 2.38. The topological polar surface area (TPSA) is 0 Å². The highest BCUT2D eigenvalue weighted by atomic mass is 14.2. The van der Waals surface area contributed by atoms with Crippen LogP contribution in [0.15, 0.2) is 91.0 Å². The highest BCUT2D eigenvalue weighted by Crippen LogP contribution is 2.31. The average Bonchev–Trinajstić information content (AvgIpc) is 2.62. The second kappa shape index (κ2) is 7.11. The highest BCUT2D eigenvalue weighted by molar-refractivity contribution is 5.65. The van der Waals surface area contributed by atoms with Crippen LogP contribution >= 0.6 is 0 Å². The summed E-state index contributed by atoms with van der Waals surface area (Å²) in [7, 11) is 0. The molecule has 0 nitrogen and oxygen atoms in total. The molecule has 0 aliphatic heterocycles. The Bertz CT molecular complexity index is 783. The van der Waals surface area contributed by atoms with Crippen LogP contribution in [0, 0.1) is 6.92 Å². The van der Waals surface area contributed by atoms with Gasteiger partial charge >= 0.3 is 0 Å². The van der Waals surface area contributed by atoms with E-state index in [2.05, 4.69) is 105 Å². The third-order valence-corrected chi connectivity index (χ3v) is 4.33. The minimum Gasteiger partial charge on any atom is -0.0691 e. The normalized spacial score (nSPS) is 12.9. The summed E-state index contributed by atoms with van der Waals surface area (Å²) in [5.74, 6) is 0.276. The van der Waals surface area contributed by atoms with E-state index in [1.54, 1.807) is 0 Å². The van der Waals surface area contributed by atoms with Gasteiger partial charge in [0.25, 0.3) is 0 Å². The van der Waals surface area contributed by atoms with Crippen molar-refractivity contribution >= 4 is 5.57 Å². The third kappa shape index (κ3) is 3.60. The molecule has 3 rings (SSSR count). The molecule has 0 saturated carbocycles. The van der Waals surface area contributed by atoms with Crippen molar-refractivity contribution in [1.82, 2.24) is 0 Å². The molecule has 0 bridgehead atoms. The molecule has 114 valence electrons. The van der Waals surface area contributed by atoms with Crippen LogP contribution in [0.1, 0.15) is 35.1 Å². The number of allylic oxidation sites excluding steroid dienone is 2. The van der Waals surface area contributed by atoms with Crippen molar-refractivity contribution in [3.05, 3.63) is 113 Å². The number of benzene rings is 3. The van der Waals surface area contributed by atoms with Crippen LogP contribution in [0.5, 0.6) is 0 Å². The zero-order chi connectivity index (χ0) is 16.1. The Morgan fingerprint density at radius 3 is 1.96 bits per heavy atom. The summed E-state index contributed by atoms with van der Waals surface area (Å²) in [6.45, 7) is 4.39. The van der Waals surface area contributed by atoms with Crippen molar-refractivity contribution in [2.45, 2.75) is 19.8 Å². The lowest BCUT2D eigenvalue weighted by Crippen LogP contribution is -2.01. The molecular formula is C23H22. The lowest BCUT2D eigenvalue weighted by atomic mass is 9.86. The first-order valence-electron chi connectivity index (χ1n) is 8.10. The first kappa shape index (κ1) is 15.3. The monoisotopic (exact) mass is 298 g/mol. The molecule has 3 aromatic rings. The van der Waals surface area contributed by atoms with E-state index < -0.39 is 0 Å². The van der Waals surface area contributed by atoms with Gasteiger partial charge in [0.15, 0.2) is 0 Å². The quantitative estimate of drug-likeness (QED) is 0.535. The molecule has 3 aromatic carbocycles. The van der Waals surface area contributed by atoms with Crippen molar-refractivity contribution in [2.75, 3.05) is 0 Å². The van der Waals surface area contributed by atoms with Crippen LogP contribution in [-0.2, 0) is 0 Å². The average molecular weight is 298 g/mol. The van der Waals surface area contributed by atoms with E-state index >= 15 is 0 Å². The molecule has 0 amide bonds. The Kier molecular flexibility index (Phi) is 4.73. The Labute approximate surface area is 139 Å². The first-order valence-corrected chi connectivity index (χ1v) is 8.10. The van der Waals surface area contributed by atoms with Crippen LogP contribution in [0.3, 0.4) is 0 Å². The minimum absolute atomic E-state index is 0.276. The van der Waals surface area contributed by atoms with Crippen molar-refractivity contribution in [2.24, 2.45) is 0 Å². The van der Waals surface area contributed by atoms with Gasteiger partial charge in [0.1, 0.15) is 0 Å². The highest BCUT2D eigenvalue weighted by Gasteiger charge is 2.14. The first-order chi connectivity index (χ1) is 11.3. The smallest absolute Gasteiger partial charge is 0.0277 e. The third-order valence-electron chi connectivity index (χ3n) is 4.33. The van der Waals surface area contributed by atoms with Crippen molar-refractivity contribution in [1.29, 1.82) is 0 Å². The second-order valence-corrected chi connectivity index (χ2v) is 5.96. The predicted octanol–water partition coefficient (Wildman–Crippen LogP) is 6.23. The maximum Gasteiger partial charge on any atom is 0.0277 e. The molecule has 1 unspecified atom stereocenters. The van der Waals surface area contributed by atoms with Gasteiger partial charge in [0.05, 0.1) is 0 Å². The van der Waals surface area contributed by atoms with E-state index in [0.717, 1.165) is 0 Å². The van der Waals surface area contributed by atoms with Crippen molar-refractivity contribution < 1.29 is 0 Å². The Morgan fingerprint density at radius 1 is 0.739 bits per heavy atom. The molecule has 0 aliphatic carbocycles. The van der Waals surface area contributed by atoms with Crippen LogP contribution < -0.4 is 0 Å². The number of hydrogen-bond donors (Lipinski definition) is 0. The SMILES string of the molecule is C/C(=C\C(c1ccccc1)c1ccccc1C)c1ccccc1. The molecule has 0 aromatic heterocycles. The summed E-state index contributed by atoms with van der Waals surface area (Å²) in [6.07, 6.45) is 2.38. The fourth-order valence-electron chi connectivity index (χ4n) is 3.01. The standard InChI is InChI=1S/C23H22/c1-18-11-9-10-16-22(18)23(21-14-7-4-8-15-21)17-19(2)20-12-5-3-6-13-20/h3-17,23H,1-2H3/b19-17+. The summed E-state index contributed by atoms with van der Waals surface area (Å²) in [5.41, 5.74) is 6.62. The lowest BCUT2D eigenvalue weighted by Gasteiger charge is -2.18. The molecule has 0 saturated heterocycles. The van der Waals surface area contributed by atoms with E-state index in [9.17, 15) is 0 Å². The molecule has 0 N–H and O–H groups in total. The lowest BCUT2D eigenvalue weighted by molar-refractivity contribution is 1.01. The van der Waals surface area contributed by atoms with Gasteiger partial charge in [-0.2, -0.15) is 0 Å². The molecule has 0 heteroatoms. The largest absolute Gasteiger partial charge is 0.0691 e. The van der Waals surface area contributed by atoms with Gasteiger partial charge in [-0.1, -0.05) is 91.0 Å². The zero-order valence-electron chi connectivity index (χ0n) is 13.7. The number of rotatable bonds is 4. The molecule has 0 radical (unpaired) electrons. The summed E-state index contributed by atoms with van der Waals surface area (Å²) >= 11 is 0. The Hall–Kier alpha value is -2.60. The van der Waals surface area contributed by atoms with E-state index in [1.165, 1.54) is 27.8 Å². The molecule has 0 heterocycles. The van der Waals surface area contributed by atoms with Gasteiger partial charge in [-0.05, 0) is 41.7 Å². The molecule has 1 atom stereocenters. The van der Waals surface area contributed by atoms with Gasteiger partial charge in [-0.15, -0.1) is 0 Å².